The van der Waals surface area contributed by atoms with Crippen molar-refractivity contribution < 1.29 is 63.6 Å². The third-order valence-electron chi connectivity index (χ3n) is 10.6. The second kappa shape index (κ2) is 28.1. The van der Waals surface area contributed by atoms with Crippen LogP contribution < -0.4 is 48.7 Å². The molecule has 1 aromatic carbocycles. The first kappa shape index (κ1) is 56.9. The Labute approximate surface area is 402 Å². The summed E-state index contributed by atoms with van der Waals surface area (Å²) >= 11 is 0. The predicted molar refractivity (Wildman–Crippen MR) is 247 cm³/mol. The molecule has 70 heavy (non-hydrogen) atoms. The summed E-state index contributed by atoms with van der Waals surface area (Å²) in [4.78, 5) is 133. The molecule has 0 saturated carbocycles. The molecule has 3 rings (SSSR count). The number of nitrogens with two attached hydrogens (primary N) is 2. The summed E-state index contributed by atoms with van der Waals surface area (Å²) in [7, 11) is 0. The zero-order valence-corrected chi connectivity index (χ0v) is 39.3. The number of benzene rings is 1. The predicted octanol–water partition coefficient (Wildman–Crippen LogP) is -3.99. The summed E-state index contributed by atoms with van der Waals surface area (Å²) in [6.45, 7) is 5.07. The van der Waals surface area contributed by atoms with Crippen LogP contribution in [0.5, 0.6) is 5.75 Å². The summed E-state index contributed by atoms with van der Waals surface area (Å²) in [5.41, 5.74) is 12.7. The number of aromatic hydroxyl groups is 1. The Morgan fingerprint density at radius 2 is 0.957 bits per heavy atom. The van der Waals surface area contributed by atoms with Gasteiger partial charge in [0, 0.05) is 49.5 Å². The Morgan fingerprint density at radius 3 is 1.43 bits per heavy atom. The van der Waals surface area contributed by atoms with E-state index in [-0.39, 0.29) is 49.7 Å². The quantitative estimate of drug-likeness (QED) is 0.0303. The highest BCUT2D eigenvalue weighted by atomic mass is 16.4. The number of aliphatic carboxylic acids is 1. The molecule has 0 unspecified atom stereocenters. The lowest BCUT2D eigenvalue weighted by Crippen LogP contribution is -2.61. The number of carbonyl (C=O) groups is 9. The molecular formula is C44H65N13O13. The van der Waals surface area contributed by atoms with E-state index < -0.39 is 128 Å². The Kier molecular flexibility index (Phi) is 22.9. The minimum absolute atomic E-state index is 0.00665. The van der Waals surface area contributed by atoms with Gasteiger partial charge in [0.1, 0.15) is 48.0 Å². The SMILES string of the molecule is CC(C)C[C@H](NC(=O)[C@H](Cc1cnc[nH]1)NC(=O)[C@H](CO)NC(=O)[C@H](CCC(N)=O)NC(=O)[C@H](Cc1ccc(O)cc1)NC(=O)[C@H](CC(C)C)NC(=O)[C@H](CO)NC(=O)[C@@H](N)Cc1cnc[nH]1)C(=O)O. The number of hydrogen-bond donors (Lipinski definition) is 15. The fourth-order valence-corrected chi connectivity index (χ4v) is 6.88. The lowest BCUT2D eigenvalue weighted by molar-refractivity contribution is -0.143. The number of carbonyl (C=O) groups excluding carboxylic acids is 8. The molecule has 3 aromatic rings. The normalized spacial score (nSPS) is 14.6. The van der Waals surface area contributed by atoms with Crippen LogP contribution in [0.25, 0.3) is 0 Å². The molecule has 0 aliphatic carbocycles. The van der Waals surface area contributed by atoms with Crippen LogP contribution in [-0.2, 0) is 62.4 Å². The number of imidazole rings is 2. The number of aliphatic hydroxyl groups is 2. The summed E-state index contributed by atoms with van der Waals surface area (Å²) in [6, 6.07) is -6.25. The van der Waals surface area contributed by atoms with Gasteiger partial charge in [-0.1, -0.05) is 39.8 Å². The van der Waals surface area contributed by atoms with Gasteiger partial charge in [0.2, 0.25) is 47.3 Å². The van der Waals surface area contributed by atoms with Crippen molar-refractivity contribution in [2.45, 2.75) is 121 Å². The number of aromatic nitrogens is 4. The first-order chi connectivity index (χ1) is 33.1. The smallest absolute Gasteiger partial charge is 0.326 e. The number of primary amides is 1. The maximum absolute atomic E-state index is 14.2. The summed E-state index contributed by atoms with van der Waals surface area (Å²) in [5, 5.41) is 57.0. The molecular weight excluding hydrogens is 919 g/mol. The molecule has 0 aliphatic heterocycles. The highest BCUT2D eigenvalue weighted by Gasteiger charge is 2.35. The highest BCUT2D eigenvalue weighted by molar-refractivity contribution is 5.98. The van der Waals surface area contributed by atoms with Crippen LogP contribution in [0.4, 0.5) is 0 Å². The van der Waals surface area contributed by atoms with Gasteiger partial charge in [-0.3, -0.25) is 38.4 Å². The van der Waals surface area contributed by atoms with E-state index in [0.29, 0.717) is 17.0 Å². The molecule has 384 valence electrons. The number of hydrogen-bond acceptors (Lipinski definition) is 15. The molecule has 0 saturated heterocycles. The number of H-pyrrole nitrogens is 2. The average molecular weight is 984 g/mol. The molecule has 26 heteroatoms. The number of carboxylic acids is 1. The van der Waals surface area contributed by atoms with Crippen LogP contribution in [0.15, 0.2) is 49.3 Å². The van der Waals surface area contributed by atoms with Gasteiger partial charge in [0.15, 0.2) is 0 Å². The van der Waals surface area contributed by atoms with Gasteiger partial charge in [0.25, 0.3) is 0 Å². The second-order valence-corrected chi connectivity index (χ2v) is 17.4. The number of aromatic amines is 2. The standard InChI is InChI=1S/C44H65N13O13/c1-22(2)11-30(52-42(67)34(18-58)56-37(62)28(45)14-25-16-47-20-49-25)39(64)53-31(13-24-5-7-27(60)8-6-24)40(65)51-29(9-10-36(46)61)38(63)57-35(19-59)43(68)54-32(15-26-17-48-21-50-26)41(66)55-33(44(69)70)12-23(3)4/h5-8,16-17,20-23,28-35,58-60H,9-15,18-19,45H2,1-4H3,(H2,46,61)(H,47,49)(H,48,50)(H,51,65)(H,52,67)(H,53,64)(H,54,68)(H,55,66)(H,56,62)(H,57,63)(H,69,70)/t28-,29-,30-,31-,32-,33-,34-,35-/m0/s1. The fourth-order valence-electron chi connectivity index (χ4n) is 6.88. The highest BCUT2D eigenvalue weighted by Crippen LogP contribution is 2.14. The number of amides is 8. The van der Waals surface area contributed by atoms with Gasteiger partial charge in [-0.15, -0.1) is 0 Å². The molecule has 17 N–H and O–H groups in total. The minimum atomic E-state index is -1.78. The molecule has 0 spiro atoms. The van der Waals surface area contributed by atoms with E-state index in [4.69, 9.17) is 11.5 Å². The largest absolute Gasteiger partial charge is 0.508 e. The molecule has 26 nitrogen and oxygen atoms in total. The van der Waals surface area contributed by atoms with E-state index in [1.54, 1.807) is 27.7 Å². The molecule has 0 fully saturated rings. The first-order valence-corrected chi connectivity index (χ1v) is 22.4. The number of aliphatic hydroxyl groups excluding tert-OH is 2. The van der Waals surface area contributed by atoms with Gasteiger partial charge < -0.3 is 79.1 Å². The van der Waals surface area contributed by atoms with Gasteiger partial charge in [-0.25, -0.2) is 14.8 Å². The third kappa shape index (κ3) is 19.3. The average Bonchev–Trinajstić information content (AvgIpc) is 4.02. The van der Waals surface area contributed by atoms with Crippen LogP contribution in [0.1, 0.15) is 70.3 Å². The second-order valence-electron chi connectivity index (χ2n) is 17.4. The van der Waals surface area contributed by atoms with E-state index in [2.05, 4.69) is 57.2 Å². The molecule has 2 heterocycles. The van der Waals surface area contributed by atoms with Crippen molar-refractivity contribution in [3.05, 3.63) is 66.3 Å². The molecule has 8 amide bonds. The Balaban J connectivity index is 1.86. The van der Waals surface area contributed by atoms with E-state index in [9.17, 15) is 63.6 Å². The molecule has 0 aliphatic rings. The van der Waals surface area contributed by atoms with Crippen LogP contribution in [0, 0.1) is 11.8 Å². The number of rotatable bonds is 30. The van der Waals surface area contributed by atoms with Gasteiger partial charge in [-0.05, 0) is 48.8 Å². The van der Waals surface area contributed by atoms with Gasteiger partial charge in [0.05, 0.1) is 31.9 Å². The zero-order chi connectivity index (χ0) is 52.1. The van der Waals surface area contributed by atoms with Gasteiger partial charge in [-0.2, -0.15) is 0 Å². The number of phenolic OH excluding ortho intramolecular Hbond substituents is 1. The molecule has 0 radical (unpaired) electrons. The van der Waals surface area contributed by atoms with Crippen molar-refractivity contribution in [3.63, 3.8) is 0 Å². The van der Waals surface area contributed by atoms with Crippen molar-refractivity contribution in [1.29, 1.82) is 0 Å². The van der Waals surface area contributed by atoms with Gasteiger partial charge >= 0.3 is 5.97 Å². The van der Waals surface area contributed by atoms with Crippen molar-refractivity contribution in [2.75, 3.05) is 13.2 Å². The maximum Gasteiger partial charge on any atom is 0.326 e. The number of nitrogens with one attached hydrogen (secondary N) is 9. The van der Waals surface area contributed by atoms with Crippen LogP contribution in [0.2, 0.25) is 0 Å². The van der Waals surface area contributed by atoms with E-state index >= 15 is 0 Å². The van der Waals surface area contributed by atoms with Crippen molar-refractivity contribution in [1.82, 2.24) is 57.2 Å². The summed E-state index contributed by atoms with van der Waals surface area (Å²) in [5.74, 6) is -9.45. The van der Waals surface area contributed by atoms with E-state index in [1.807, 2.05) is 0 Å². The van der Waals surface area contributed by atoms with Crippen LogP contribution in [-0.4, -0.2) is 155 Å². The van der Waals surface area contributed by atoms with Crippen LogP contribution in [0.3, 0.4) is 0 Å². The van der Waals surface area contributed by atoms with Crippen molar-refractivity contribution in [2.24, 2.45) is 23.3 Å². The summed E-state index contributed by atoms with van der Waals surface area (Å²) in [6.07, 6.45) is 4.20. The molecule has 2 aromatic heterocycles. The van der Waals surface area contributed by atoms with E-state index in [1.165, 1.54) is 49.3 Å². The Hall–Kier alpha value is -7.45. The number of phenols is 1. The first-order valence-electron chi connectivity index (χ1n) is 22.4. The Morgan fingerprint density at radius 1 is 0.557 bits per heavy atom. The van der Waals surface area contributed by atoms with Crippen molar-refractivity contribution in [3.8, 4) is 5.75 Å². The number of carboxylic acid groups (broad SMARTS) is 1. The fraction of sp³-hybridized carbons (Fsp3) is 0.523. The lowest BCUT2D eigenvalue weighted by atomic mass is 10.00. The minimum Gasteiger partial charge on any atom is -0.508 e. The maximum atomic E-state index is 14.2. The monoisotopic (exact) mass is 983 g/mol. The zero-order valence-electron chi connectivity index (χ0n) is 39.3. The van der Waals surface area contributed by atoms with E-state index in [0.717, 1.165) is 0 Å². The van der Waals surface area contributed by atoms with Crippen LogP contribution >= 0.6 is 0 Å². The topological polar surface area (TPSA) is 428 Å². The number of nitrogens with zero attached hydrogens (tertiary/aromatic N) is 2. The summed E-state index contributed by atoms with van der Waals surface area (Å²) < 4.78 is 0. The lowest BCUT2D eigenvalue weighted by Gasteiger charge is -2.28. The van der Waals surface area contributed by atoms with Crippen molar-refractivity contribution >= 4 is 53.2 Å². The molecule has 8 atom stereocenters. The Bertz CT molecular complexity index is 2210. The molecule has 0 bridgehead atoms. The third-order valence-corrected chi connectivity index (χ3v) is 10.6.